The minimum absolute atomic E-state index is 0.0274. The molecule has 26 heavy (non-hydrogen) atoms. The number of methoxy groups -OCH3 is 1. The Bertz CT molecular complexity index is 826. The molecular weight excluding hydrogens is 337 g/mol. The molecule has 0 spiro atoms. The molecule has 2 aromatic carbocycles. The van der Waals surface area contributed by atoms with Crippen molar-refractivity contribution in [2.24, 2.45) is 0 Å². The maximum atomic E-state index is 13.3. The highest BCUT2D eigenvalue weighted by molar-refractivity contribution is 6.00. The van der Waals surface area contributed by atoms with Crippen molar-refractivity contribution in [1.82, 2.24) is 0 Å². The number of hydrogen-bond donors (Lipinski definition) is 2. The summed E-state index contributed by atoms with van der Waals surface area (Å²) in [5, 5.41) is 12.0. The van der Waals surface area contributed by atoms with E-state index in [1.54, 1.807) is 12.1 Å². The first kappa shape index (κ1) is 17.9. The summed E-state index contributed by atoms with van der Waals surface area (Å²) in [6.45, 7) is 0. The van der Waals surface area contributed by atoms with Crippen LogP contribution in [0.15, 0.2) is 42.5 Å². The van der Waals surface area contributed by atoms with Crippen molar-refractivity contribution >= 4 is 17.6 Å². The quantitative estimate of drug-likeness (QED) is 0.849. The number of carboxylic acids is 1. The number of amides is 1. The molecule has 5 nitrogen and oxygen atoms in total. The molecule has 0 aromatic heterocycles. The largest absolute Gasteiger partial charge is 0.496 e. The van der Waals surface area contributed by atoms with Gasteiger partial charge in [-0.05, 0) is 42.7 Å². The number of carboxylic acid groups (broad SMARTS) is 1. The van der Waals surface area contributed by atoms with Gasteiger partial charge in [0.05, 0.1) is 12.5 Å². The first-order valence-electron chi connectivity index (χ1n) is 8.45. The predicted octanol–water partition coefficient (Wildman–Crippen LogP) is 3.98. The molecular formula is C20H20FNO4. The lowest BCUT2D eigenvalue weighted by molar-refractivity contribution is -0.121. The third kappa shape index (κ3) is 3.27. The van der Waals surface area contributed by atoms with Crippen LogP contribution in [0.5, 0.6) is 5.75 Å². The van der Waals surface area contributed by atoms with E-state index in [0.29, 0.717) is 18.5 Å². The maximum absolute atomic E-state index is 13.3. The number of hydrogen-bond acceptors (Lipinski definition) is 3. The molecule has 1 aliphatic carbocycles. The Morgan fingerprint density at radius 2 is 1.77 bits per heavy atom. The lowest BCUT2D eigenvalue weighted by Gasteiger charge is -2.28. The van der Waals surface area contributed by atoms with Crippen molar-refractivity contribution in [2.45, 2.75) is 31.1 Å². The fourth-order valence-corrected chi connectivity index (χ4v) is 3.59. The molecule has 0 saturated heterocycles. The van der Waals surface area contributed by atoms with Crippen molar-refractivity contribution in [3.63, 3.8) is 0 Å². The number of benzene rings is 2. The number of ether oxygens (including phenoxy) is 1. The Labute approximate surface area is 150 Å². The number of carbonyl (C=O) groups excluding carboxylic acids is 1. The monoisotopic (exact) mass is 357 g/mol. The summed E-state index contributed by atoms with van der Waals surface area (Å²) in [6, 6.07) is 10.5. The highest BCUT2D eigenvalue weighted by Crippen LogP contribution is 2.42. The van der Waals surface area contributed by atoms with Crippen LogP contribution in [-0.4, -0.2) is 24.1 Å². The topological polar surface area (TPSA) is 75.6 Å². The third-order valence-electron chi connectivity index (χ3n) is 4.98. The molecule has 0 atom stereocenters. The second-order valence-electron chi connectivity index (χ2n) is 6.47. The van der Waals surface area contributed by atoms with E-state index in [1.807, 2.05) is 0 Å². The van der Waals surface area contributed by atoms with Gasteiger partial charge >= 0.3 is 5.97 Å². The van der Waals surface area contributed by atoms with Gasteiger partial charge in [-0.15, -0.1) is 0 Å². The smallest absolute Gasteiger partial charge is 0.339 e. The van der Waals surface area contributed by atoms with Crippen LogP contribution in [0.1, 0.15) is 41.6 Å². The lowest BCUT2D eigenvalue weighted by Crippen LogP contribution is -2.38. The van der Waals surface area contributed by atoms with Crippen LogP contribution < -0.4 is 10.1 Å². The highest BCUT2D eigenvalue weighted by Gasteiger charge is 2.42. The molecule has 0 bridgehead atoms. The number of anilines is 1. The summed E-state index contributed by atoms with van der Waals surface area (Å²) in [6.07, 6.45) is 3.22. The van der Waals surface area contributed by atoms with Gasteiger partial charge in [-0.1, -0.05) is 25.0 Å². The lowest BCUT2D eigenvalue weighted by atomic mass is 9.78. The van der Waals surface area contributed by atoms with Crippen LogP contribution in [0, 0.1) is 5.82 Å². The van der Waals surface area contributed by atoms with Gasteiger partial charge in [0.2, 0.25) is 5.91 Å². The highest BCUT2D eigenvalue weighted by atomic mass is 19.1. The summed E-state index contributed by atoms with van der Waals surface area (Å²) in [5.41, 5.74) is 0.583. The average Bonchev–Trinajstić information content (AvgIpc) is 3.13. The summed E-state index contributed by atoms with van der Waals surface area (Å²) < 4.78 is 18.4. The summed E-state index contributed by atoms with van der Waals surface area (Å²) >= 11 is 0. The van der Waals surface area contributed by atoms with Crippen molar-refractivity contribution in [3.05, 3.63) is 59.4 Å². The van der Waals surface area contributed by atoms with Crippen molar-refractivity contribution in [1.29, 1.82) is 0 Å². The van der Waals surface area contributed by atoms with Gasteiger partial charge in [-0.2, -0.15) is 0 Å². The normalized spacial score (nSPS) is 15.5. The zero-order chi connectivity index (χ0) is 18.7. The van der Waals surface area contributed by atoms with E-state index in [1.165, 1.54) is 37.4 Å². The molecule has 1 amide bonds. The standard InChI is InChI=1S/C20H20FNO4/c1-26-17-12-15(8-9-16(17)18(23)24)22-19(25)20(10-2-3-11-20)13-4-6-14(21)7-5-13/h4-9,12H,2-3,10-11H2,1H3,(H,22,25)(H,23,24). The molecule has 0 unspecified atom stereocenters. The molecule has 1 fully saturated rings. The Hall–Kier alpha value is -2.89. The van der Waals surface area contributed by atoms with Crippen LogP contribution in [0.4, 0.5) is 10.1 Å². The molecule has 1 saturated carbocycles. The number of halogens is 1. The molecule has 136 valence electrons. The molecule has 3 rings (SSSR count). The average molecular weight is 357 g/mol. The van der Waals surface area contributed by atoms with Gasteiger partial charge in [0.1, 0.15) is 17.1 Å². The number of carbonyl (C=O) groups is 2. The van der Waals surface area contributed by atoms with Crippen LogP contribution in [0.3, 0.4) is 0 Å². The molecule has 6 heteroatoms. The molecule has 0 aliphatic heterocycles. The van der Waals surface area contributed by atoms with E-state index in [-0.39, 0.29) is 23.0 Å². The van der Waals surface area contributed by atoms with Crippen LogP contribution in [-0.2, 0) is 10.2 Å². The zero-order valence-corrected chi connectivity index (χ0v) is 14.4. The van der Waals surface area contributed by atoms with Crippen molar-refractivity contribution in [2.75, 3.05) is 12.4 Å². The summed E-state index contributed by atoms with van der Waals surface area (Å²) in [5.74, 6) is -1.43. The van der Waals surface area contributed by atoms with E-state index in [9.17, 15) is 14.0 Å². The molecule has 2 aromatic rings. The Balaban J connectivity index is 1.90. The van der Waals surface area contributed by atoms with E-state index in [2.05, 4.69) is 5.32 Å². The van der Waals surface area contributed by atoms with Gasteiger partial charge in [0, 0.05) is 11.8 Å². The fourth-order valence-electron chi connectivity index (χ4n) is 3.59. The molecule has 0 radical (unpaired) electrons. The van der Waals surface area contributed by atoms with Gasteiger partial charge in [0.15, 0.2) is 0 Å². The van der Waals surface area contributed by atoms with Crippen LogP contribution in [0.25, 0.3) is 0 Å². The number of nitrogens with one attached hydrogen (secondary N) is 1. The zero-order valence-electron chi connectivity index (χ0n) is 14.4. The van der Waals surface area contributed by atoms with E-state index in [0.717, 1.165) is 18.4 Å². The van der Waals surface area contributed by atoms with Gasteiger partial charge in [-0.25, -0.2) is 9.18 Å². The first-order chi connectivity index (χ1) is 12.5. The van der Waals surface area contributed by atoms with E-state index in [4.69, 9.17) is 9.84 Å². The maximum Gasteiger partial charge on any atom is 0.339 e. The first-order valence-corrected chi connectivity index (χ1v) is 8.45. The second kappa shape index (κ2) is 7.15. The van der Waals surface area contributed by atoms with Gasteiger partial charge in [0.25, 0.3) is 0 Å². The predicted molar refractivity (Wildman–Crippen MR) is 95.1 cm³/mol. The minimum atomic E-state index is -1.10. The third-order valence-corrected chi connectivity index (χ3v) is 4.98. The molecule has 0 heterocycles. The van der Waals surface area contributed by atoms with Crippen LogP contribution >= 0.6 is 0 Å². The fraction of sp³-hybridized carbons (Fsp3) is 0.300. The minimum Gasteiger partial charge on any atom is -0.496 e. The van der Waals surface area contributed by atoms with Gasteiger partial charge in [-0.3, -0.25) is 4.79 Å². The Kier molecular flexibility index (Phi) is 4.93. The number of rotatable bonds is 5. The van der Waals surface area contributed by atoms with Crippen molar-refractivity contribution < 1.29 is 23.8 Å². The summed E-state index contributed by atoms with van der Waals surface area (Å²) in [4.78, 5) is 24.3. The molecule has 1 aliphatic rings. The number of aromatic carboxylic acids is 1. The Morgan fingerprint density at radius 1 is 1.12 bits per heavy atom. The van der Waals surface area contributed by atoms with Crippen molar-refractivity contribution in [3.8, 4) is 5.75 Å². The van der Waals surface area contributed by atoms with Crippen LogP contribution in [0.2, 0.25) is 0 Å². The van der Waals surface area contributed by atoms with E-state index >= 15 is 0 Å². The van der Waals surface area contributed by atoms with Gasteiger partial charge < -0.3 is 15.2 Å². The molecule has 2 N–H and O–H groups in total. The second-order valence-corrected chi connectivity index (χ2v) is 6.47. The SMILES string of the molecule is COc1cc(NC(=O)C2(c3ccc(F)cc3)CCCC2)ccc1C(=O)O. The van der Waals surface area contributed by atoms with E-state index < -0.39 is 11.4 Å². The summed E-state index contributed by atoms with van der Waals surface area (Å²) in [7, 11) is 1.38. The Morgan fingerprint density at radius 3 is 2.35 bits per heavy atom.